The minimum absolute atomic E-state index is 0.176. The molecule has 0 spiro atoms. The van der Waals surface area contributed by atoms with Gasteiger partial charge in [0.05, 0.1) is 35.4 Å². The largest absolute Gasteiger partial charge is 0.351 e. The molecule has 1 aliphatic heterocycles. The molecule has 2 aromatic carbocycles. The highest BCUT2D eigenvalue weighted by atomic mass is 32.2. The standard InChI is InChI=1S/C31H35N5O2S2/c1-7-23-12-10-11-19(2)29(23)35-21(4)18-25(22(35)5)30-28(27-13-8-9-16-32-27)33-31(39)36(30)24-14-15-26(20(3)17-24)34-40(6,37)38/h8-18,28,30,34H,7H2,1-6H3,(H,33,39)/t28-,30-/m0/s1. The number of nitrogens with zero attached hydrogens (tertiary/aromatic N) is 3. The lowest BCUT2D eigenvalue weighted by Gasteiger charge is -2.29. The predicted octanol–water partition coefficient (Wildman–Crippen LogP) is 6.22. The number of rotatable bonds is 7. The fourth-order valence-electron chi connectivity index (χ4n) is 5.82. The van der Waals surface area contributed by atoms with Crippen molar-refractivity contribution in [2.24, 2.45) is 0 Å². The number of hydrogen-bond donors (Lipinski definition) is 2. The van der Waals surface area contributed by atoms with Crippen molar-refractivity contribution in [3.8, 4) is 5.69 Å². The monoisotopic (exact) mass is 573 g/mol. The summed E-state index contributed by atoms with van der Waals surface area (Å²) in [6.45, 7) is 10.6. The molecular weight excluding hydrogens is 539 g/mol. The number of nitrogens with one attached hydrogen (secondary N) is 2. The van der Waals surface area contributed by atoms with Crippen LogP contribution >= 0.6 is 12.2 Å². The maximum atomic E-state index is 11.9. The van der Waals surface area contributed by atoms with Crippen molar-refractivity contribution in [3.63, 3.8) is 0 Å². The Hall–Kier alpha value is -3.69. The van der Waals surface area contributed by atoms with Gasteiger partial charge < -0.3 is 14.8 Å². The molecule has 0 aliphatic carbocycles. The van der Waals surface area contributed by atoms with Crippen molar-refractivity contribution in [2.45, 2.75) is 53.1 Å². The van der Waals surface area contributed by atoms with Crippen LogP contribution in [0, 0.1) is 27.7 Å². The number of aromatic nitrogens is 2. The summed E-state index contributed by atoms with van der Waals surface area (Å²) in [5, 5.41) is 4.14. The Bertz CT molecular complexity index is 1700. The molecule has 1 saturated heterocycles. The Balaban J connectivity index is 1.68. The normalized spacial score (nSPS) is 17.2. The van der Waals surface area contributed by atoms with Crippen LogP contribution in [-0.2, 0) is 16.4 Å². The molecule has 0 bridgehead atoms. The van der Waals surface area contributed by atoms with E-state index in [0.717, 1.165) is 46.6 Å². The molecule has 0 amide bonds. The van der Waals surface area contributed by atoms with Gasteiger partial charge in [0, 0.05) is 23.3 Å². The Labute approximate surface area is 242 Å². The third kappa shape index (κ3) is 5.11. The van der Waals surface area contributed by atoms with Crippen LogP contribution in [0.25, 0.3) is 5.69 Å². The summed E-state index contributed by atoms with van der Waals surface area (Å²) in [5.74, 6) is 0. The molecule has 0 unspecified atom stereocenters. The number of anilines is 2. The summed E-state index contributed by atoms with van der Waals surface area (Å²) >= 11 is 5.95. The molecule has 2 atom stereocenters. The third-order valence-electron chi connectivity index (χ3n) is 7.60. The second kappa shape index (κ2) is 10.7. The number of para-hydroxylation sites is 1. The third-order valence-corrected chi connectivity index (χ3v) is 8.50. The Kier molecular flexibility index (Phi) is 7.46. The van der Waals surface area contributed by atoms with Crippen LogP contribution in [0.3, 0.4) is 0 Å². The maximum Gasteiger partial charge on any atom is 0.229 e. The van der Waals surface area contributed by atoms with Gasteiger partial charge in [0.15, 0.2) is 5.11 Å². The Morgan fingerprint density at radius 1 is 1.00 bits per heavy atom. The maximum absolute atomic E-state index is 11.9. The first-order valence-corrected chi connectivity index (χ1v) is 15.7. The summed E-state index contributed by atoms with van der Waals surface area (Å²) in [6, 6.07) is 20.0. The van der Waals surface area contributed by atoms with Gasteiger partial charge in [-0.2, -0.15) is 0 Å². The highest BCUT2D eigenvalue weighted by Gasteiger charge is 2.42. The lowest BCUT2D eigenvalue weighted by molar-refractivity contribution is 0.565. The number of aryl methyl sites for hydroxylation is 4. The van der Waals surface area contributed by atoms with E-state index in [1.54, 1.807) is 12.3 Å². The van der Waals surface area contributed by atoms with Crippen molar-refractivity contribution in [1.82, 2.24) is 14.9 Å². The van der Waals surface area contributed by atoms with E-state index >= 15 is 0 Å². The molecule has 1 aliphatic rings. The van der Waals surface area contributed by atoms with Crippen molar-refractivity contribution in [3.05, 3.63) is 106 Å². The summed E-state index contributed by atoms with van der Waals surface area (Å²) in [5.41, 5.74) is 10.4. The molecule has 0 radical (unpaired) electrons. The molecule has 2 aromatic heterocycles. The number of benzene rings is 2. The highest BCUT2D eigenvalue weighted by molar-refractivity contribution is 7.92. The predicted molar refractivity (Wildman–Crippen MR) is 167 cm³/mol. The van der Waals surface area contributed by atoms with E-state index in [-0.39, 0.29) is 12.1 Å². The zero-order valence-corrected chi connectivity index (χ0v) is 25.3. The van der Waals surface area contributed by atoms with Gasteiger partial charge in [-0.25, -0.2) is 8.42 Å². The minimum Gasteiger partial charge on any atom is -0.351 e. The van der Waals surface area contributed by atoms with E-state index in [2.05, 4.69) is 71.5 Å². The van der Waals surface area contributed by atoms with Crippen molar-refractivity contribution >= 4 is 38.7 Å². The second-order valence-electron chi connectivity index (χ2n) is 10.5. The van der Waals surface area contributed by atoms with Gasteiger partial charge in [0.2, 0.25) is 10.0 Å². The summed E-state index contributed by atoms with van der Waals surface area (Å²) < 4.78 is 28.7. The first-order chi connectivity index (χ1) is 19.0. The van der Waals surface area contributed by atoms with Crippen LogP contribution in [0.2, 0.25) is 0 Å². The molecule has 4 aromatic rings. The first-order valence-electron chi connectivity index (χ1n) is 13.4. The van der Waals surface area contributed by atoms with Crippen LogP contribution in [-0.4, -0.2) is 29.3 Å². The average molecular weight is 574 g/mol. The van der Waals surface area contributed by atoms with Gasteiger partial charge in [0.1, 0.15) is 0 Å². The number of pyridine rings is 1. The Morgan fingerprint density at radius 2 is 1.77 bits per heavy atom. The molecule has 9 heteroatoms. The lowest BCUT2D eigenvalue weighted by Crippen LogP contribution is -2.29. The van der Waals surface area contributed by atoms with Crippen LogP contribution in [0.4, 0.5) is 11.4 Å². The fourth-order valence-corrected chi connectivity index (χ4v) is 6.79. The number of hydrogen-bond acceptors (Lipinski definition) is 4. The zero-order chi connectivity index (χ0) is 28.8. The summed E-state index contributed by atoms with van der Waals surface area (Å²) in [7, 11) is -3.40. The number of sulfonamides is 1. The first kappa shape index (κ1) is 27.9. The van der Waals surface area contributed by atoms with Crippen LogP contribution in [0.15, 0.2) is 66.9 Å². The van der Waals surface area contributed by atoms with Gasteiger partial charge in [-0.05, 0) is 105 Å². The number of thiocarbonyl (C=S) groups is 1. The quantitative estimate of drug-likeness (QED) is 0.256. The van der Waals surface area contributed by atoms with Crippen LogP contribution in [0.1, 0.15) is 58.3 Å². The van der Waals surface area contributed by atoms with E-state index in [0.29, 0.717) is 10.8 Å². The molecule has 5 rings (SSSR count). The van der Waals surface area contributed by atoms with Crippen LogP contribution in [0.5, 0.6) is 0 Å². The van der Waals surface area contributed by atoms with Gasteiger partial charge in [-0.15, -0.1) is 0 Å². The fraction of sp³-hybridized carbons (Fsp3) is 0.290. The molecule has 1 fully saturated rings. The molecule has 2 N–H and O–H groups in total. The van der Waals surface area contributed by atoms with Crippen molar-refractivity contribution in [2.75, 3.05) is 15.9 Å². The molecule has 3 heterocycles. The van der Waals surface area contributed by atoms with Gasteiger partial charge in [0.25, 0.3) is 0 Å². The van der Waals surface area contributed by atoms with Gasteiger partial charge in [-0.3, -0.25) is 9.71 Å². The van der Waals surface area contributed by atoms with E-state index < -0.39 is 10.0 Å². The zero-order valence-electron chi connectivity index (χ0n) is 23.7. The second-order valence-corrected chi connectivity index (χ2v) is 12.6. The lowest BCUT2D eigenvalue weighted by atomic mass is 9.96. The highest BCUT2D eigenvalue weighted by Crippen LogP contribution is 2.44. The molecule has 208 valence electrons. The molecule has 0 saturated carbocycles. The molecule has 40 heavy (non-hydrogen) atoms. The Morgan fingerprint density at radius 3 is 2.42 bits per heavy atom. The van der Waals surface area contributed by atoms with Crippen molar-refractivity contribution in [1.29, 1.82) is 0 Å². The van der Waals surface area contributed by atoms with Crippen molar-refractivity contribution < 1.29 is 8.42 Å². The average Bonchev–Trinajstić information content (AvgIpc) is 3.40. The summed E-state index contributed by atoms with van der Waals surface area (Å²) in [4.78, 5) is 6.83. The van der Waals surface area contributed by atoms with Gasteiger partial charge >= 0.3 is 0 Å². The smallest absolute Gasteiger partial charge is 0.229 e. The van der Waals surface area contributed by atoms with Gasteiger partial charge in [-0.1, -0.05) is 31.2 Å². The van der Waals surface area contributed by atoms with E-state index in [9.17, 15) is 8.42 Å². The minimum atomic E-state index is -3.40. The van der Waals surface area contributed by atoms with E-state index in [1.165, 1.54) is 16.8 Å². The SMILES string of the molecule is CCc1cccc(C)c1-n1c(C)cc([C@H]2[C@H](c3ccccn3)NC(=S)N2c2ccc(NS(C)(=O)=O)c(C)c2)c1C. The molecule has 7 nitrogen and oxygen atoms in total. The van der Waals surface area contributed by atoms with E-state index in [4.69, 9.17) is 17.2 Å². The van der Waals surface area contributed by atoms with Crippen LogP contribution < -0.4 is 14.9 Å². The summed E-state index contributed by atoms with van der Waals surface area (Å²) in [6.07, 6.45) is 3.90. The van der Waals surface area contributed by atoms with E-state index in [1.807, 2.05) is 37.3 Å². The topological polar surface area (TPSA) is 79.3 Å². The molecular formula is C31H35N5O2S2.